The van der Waals surface area contributed by atoms with Gasteiger partial charge < -0.3 is 0 Å². The summed E-state index contributed by atoms with van der Waals surface area (Å²) in [6, 6.07) is 1.38. The molecule has 0 rings (SSSR count). The third kappa shape index (κ3) is 3.28. The van der Waals surface area contributed by atoms with E-state index in [0.29, 0.717) is 12.1 Å². The van der Waals surface area contributed by atoms with Crippen LogP contribution in [0, 0.1) is 0 Å². The summed E-state index contributed by atoms with van der Waals surface area (Å²) >= 11 is 0. The molecule has 1 unspecified atom stereocenters. The van der Waals surface area contributed by atoms with Crippen LogP contribution in [0.2, 0.25) is 13.1 Å². The average molecular weight is 187 g/mol. The molecular weight excluding hydrogens is 162 g/mol. The minimum atomic E-state index is -0.509. The monoisotopic (exact) mass is 187 g/mol. The molecule has 1 atom stereocenters. The van der Waals surface area contributed by atoms with E-state index in [9.17, 15) is 0 Å². The Morgan fingerprint density at radius 2 is 1.17 bits per heavy atom. The van der Waals surface area contributed by atoms with Gasteiger partial charge in [0.1, 0.15) is 0 Å². The molecule has 0 saturated carbocycles. The van der Waals surface area contributed by atoms with E-state index in [2.05, 4.69) is 52.6 Å². The molecule has 0 bridgehead atoms. The van der Waals surface area contributed by atoms with Crippen LogP contribution < -0.4 is 0 Å². The summed E-state index contributed by atoms with van der Waals surface area (Å²) in [6.07, 6.45) is 0. The highest BCUT2D eigenvalue weighted by Crippen LogP contribution is 2.12. The van der Waals surface area contributed by atoms with Gasteiger partial charge >= 0.3 is 0 Å². The number of nitrogens with zero attached hydrogens (tertiary/aromatic N) is 1. The Morgan fingerprint density at radius 3 is 1.25 bits per heavy atom. The number of rotatable bonds is 4. The van der Waals surface area contributed by atoms with Crippen LogP contribution in [0.4, 0.5) is 0 Å². The Kier molecular flexibility index (Phi) is 5.10. The quantitative estimate of drug-likeness (QED) is 0.611. The molecule has 0 N–H and O–H groups in total. The van der Waals surface area contributed by atoms with E-state index in [1.54, 1.807) is 0 Å². The van der Waals surface area contributed by atoms with Crippen molar-refractivity contribution >= 4 is 8.80 Å². The van der Waals surface area contributed by atoms with Crippen LogP contribution in [0.1, 0.15) is 34.6 Å². The van der Waals surface area contributed by atoms with Gasteiger partial charge in [0.2, 0.25) is 0 Å². The molecule has 0 saturated heterocycles. The summed E-state index contributed by atoms with van der Waals surface area (Å²) in [5.41, 5.74) is 0.824. The summed E-state index contributed by atoms with van der Waals surface area (Å²) in [4.78, 5) is 2.64. The Bertz CT molecular complexity index is 113. The van der Waals surface area contributed by atoms with E-state index in [0.717, 1.165) is 5.67 Å². The van der Waals surface area contributed by atoms with Crippen molar-refractivity contribution < 1.29 is 0 Å². The van der Waals surface area contributed by atoms with E-state index in [1.165, 1.54) is 0 Å². The lowest BCUT2D eigenvalue weighted by Gasteiger charge is -2.38. The van der Waals surface area contributed by atoms with E-state index in [1.807, 2.05) is 0 Å². The predicted octanol–water partition coefficient (Wildman–Crippen LogP) is 2.52. The first-order valence-electron chi connectivity index (χ1n) is 5.15. The third-order valence-corrected chi connectivity index (χ3v) is 4.90. The van der Waals surface area contributed by atoms with Gasteiger partial charge in [-0.3, -0.25) is 4.90 Å². The zero-order valence-electron chi connectivity index (χ0n) is 9.76. The molecule has 0 aromatic carbocycles. The van der Waals surface area contributed by atoms with Crippen molar-refractivity contribution in [3.63, 3.8) is 0 Å². The van der Waals surface area contributed by atoms with Gasteiger partial charge in [0.15, 0.2) is 0 Å². The maximum absolute atomic E-state index is 2.64. The SMILES string of the molecule is CC(C)N(C(C)C)C(C)[SiH](C)C. The fraction of sp³-hybridized carbons (Fsp3) is 1.00. The van der Waals surface area contributed by atoms with E-state index < -0.39 is 8.80 Å². The number of hydrogen-bond acceptors (Lipinski definition) is 1. The molecule has 0 aliphatic rings. The van der Waals surface area contributed by atoms with Gasteiger partial charge in [0.05, 0.1) is 8.80 Å². The maximum atomic E-state index is 2.64. The molecule has 0 heterocycles. The highest BCUT2D eigenvalue weighted by atomic mass is 28.3. The van der Waals surface area contributed by atoms with Gasteiger partial charge in [-0.1, -0.05) is 20.0 Å². The Morgan fingerprint density at radius 1 is 0.833 bits per heavy atom. The van der Waals surface area contributed by atoms with Crippen molar-refractivity contribution in [1.82, 2.24) is 4.90 Å². The zero-order chi connectivity index (χ0) is 9.89. The normalized spacial score (nSPS) is 15.2. The Labute approximate surface area is 79.8 Å². The predicted molar refractivity (Wildman–Crippen MR) is 60.5 cm³/mol. The molecule has 12 heavy (non-hydrogen) atoms. The summed E-state index contributed by atoms with van der Waals surface area (Å²) in [5, 5.41) is 0. The van der Waals surface area contributed by atoms with Gasteiger partial charge in [-0.2, -0.15) is 0 Å². The Balaban J connectivity index is 4.30. The molecule has 0 amide bonds. The zero-order valence-corrected chi connectivity index (χ0v) is 10.9. The van der Waals surface area contributed by atoms with E-state index >= 15 is 0 Å². The molecule has 0 aliphatic heterocycles. The molecule has 1 nitrogen and oxygen atoms in total. The molecule has 0 aliphatic carbocycles. The highest BCUT2D eigenvalue weighted by Gasteiger charge is 2.22. The molecule has 0 aromatic heterocycles. The maximum Gasteiger partial charge on any atom is 0.0505 e. The van der Waals surface area contributed by atoms with Crippen LogP contribution in [-0.4, -0.2) is 31.4 Å². The van der Waals surface area contributed by atoms with Gasteiger partial charge in [0, 0.05) is 12.1 Å². The van der Waals surface area contributed by atoms with Gasteiger partial charge in [0.25, 0.3) is 0 Å². The van der Waals surface area contributed by atoms with Crippen molar-refractivity contribution in [1.29, 1.82) is 0 Å². The lowest BCUT2D eigenvalue weighted by Crippen LogP contribution is -2.49. The van der Waals surface area contributed by atoms with E-state index in [-0.39, 0.29) is 0 Å². The molecule has 0 spiro atoms. The van der Waals surface area contributed by atoms with Crippen molar-refractivity contribution in [2.45, 2.75) is 65.5 Å². The van der Waals surface area contributed by atoms with Gasteiger partial charge in [-0.25, -0.2) is 0 Å². The smallest absolute Gasteiger partial charge is 0.0505 e. The lowest BCUT2D eigenvalue weighted by atomic mass is 10.2. The summed E-state index contributed by atoms with van der Waals surface area (Å²) < 4.78 is 0. The van der Waals surface area contributed by atoms with Crippen LogP contribution in [0.5, 0.6) is 0 Å². The average Bonchev–Trinajstić information content (AvgIpc) is 1.85. The molecular formula is C10H25NSi. The molecule has 0 aromatic rings. The molecule has 2 heteroatoms. The minimum Gasteiger partial charge on any atom is -0.299 e. The van der Waals surface area contributed by atoms with Gasteiger partial charge in [-0.05, 0) is 33.4 Å². The van der Waals surface area contributed by atoms with Crippen LogP contribution in [0.3, 0.4) is 0 Å². The lowest BCUT2D eigenvalue weighted by molar-refractivity contribution is 0.160. The summed E-state index contributed by atoms with van der Waals surface area (Å²) in [5.74, 6) is 0. The second kappa shape index (κ2) is 5.03. The van der Waals surface area contributed by atoms with E-state index in [4.69, 9.17) is 0 Å². The summed E-state index contributed by atoms with van der Waals surface area (Å²) in [7, 11) is -0.509. The van der Waals surface area contributed by atoms with Gasteiger partial charge in [-0.15, -0.1) is 0 Å². The highest BCUT2D eigenvalue weighted by molar-refractivity contribution is 6.57. The first-order valence-corrected chi connectivity index (χ1v) is 8.13. The standard InChI is InChI=1S/C10H25NSi/c1-8(2)11(9(3)4)10(5)12(6)7/h8-10,12H,1-7H3. The second-order valence-corrected chi connectivity index (χ2v) is 8.07. The van der Waals surface area contributed by atoms with Crippen LogP contribution in [0.15, 0.2) is 0 Å². The fourth-order valence-corrected chi connectivity index (χ4v) is 3.26. The van der Waals surface area contributed by atoms with Crippen LogP contribution >= 0.6 is 0 Å². The first kappa shape index (κ1) is 12.2. The van der Waals surface area contributed by atoms with Crippen LogP contribution in [-0.2, 0) is 0 Å². The Hall–Kier alpha value is 0.177. The minimum absolute atomic E-state index is 0.509. The molecule has 0 radical (unpaired) electrons. The number of hydrogen-bond donors (Lipinski definition) is 0. The van der Waals surface area contributed by atoms with Crippen molar-refractivity contribution in [3.05, 3.63) is 0 Å². The van der Waals surface area contributed by atoms with Crippen LogP contribution in [0.25, 0.3) is 0 Å². The molecule has 74 valence electrons. The molecule has 0 fully saturated rings. The second-order valence-electron chi connectivity index (χ2n) is 4.62. The fourth-order valence-electron chi connectivity index (χ4n) is 1.88. The summed E-state index contributed by atoms with van der Waals surface area (Å²) in [6.45, 7) is 16.4. The van der Waals surface area contributed by atoms with Crippen molar-refractivity contribution in [3.8, 4) is 0 Å². The topological polar surface area (TPSA) is 3.24 Å². The largest absolute Gasteiger partial charge is 0.299 e. The third-order valence-electron chi connectivity index (χ3n) is 2.63. The first-order chi connectivity index (χ1) is 5.37. The van der Waals surface area contributed by atoms with Crippen molar-refractivity contribution in [2.24, 2.45) is 0 Å². The van der Waals surface area contributed by atoms with Crippen molar-refractivity contribution in [2.75, 3.05) is 0 Å².